The summed E-state index contributed by atoms with van der Waals surface area (Å²) in [5, 5.41) is 3.02. The van der Waals surface area contributed by atoms with E-state index >= 15 is 0 Å². The van der Waals surface area contributed by atoms with E-state index in [4.69, 9.17) is 0 Å². The number of rotatable bonds is 4. The van der Waals surface area contributed by atoms with Crippen molar-refractivity contribution in [3.05, 3.63) is 56.7 Å². The lowest BCUT2D eigenvalue weighted by atomic mass is 10.1. The number of carbonyl (C=O) groups excluding carboxylic acids is 1. The van der Waals surface area contributed by atoms with Crippen LogP contribution in [0.25, 0.3) is 0 Å². The monoisotopic (exact) mass is 398 g/mol. The van der Waals surface area contributed by atoms with Gasteiger partial charge in [0, 0.05) is 21.7 Å². The molecule has 0 fully saturated rings. The number of aryl methyl sites for hydroxylation is 1. The highest BCUT2D eigenvalue weighted by molar-refractivity contribution is 9.10. The maximum atomic E-state index is 12.3. The maximum Gasteiger partial charge on any atom is 0.268 e. The molecule has 1 atom stereocenters. The fourth-order valence-electron chi connectivity index (χ4n) is 2.03. The zero-order valence-electron chi connectivity index (χ0n) is 11.4. The fourth-order valence-corrected chi connectivity index (χ4v) is 2.76. The minimum absolute atomic E-state index is 0.0328. The predicted octanol–water partition coefficient (Wildman–Crippen LogP) is 4.52. The molecule has 0 saturated heterocycles. The molecule has 20 heavy (non-hydrogen) atoms. The molecule has 3 nitrogen and oxygen atoms in total. The van der Waals surface area contributed by atoms with Gasteiger partial charge in [0.25, 0.3) is 5.91 Å². The first-order chi connectivity index (χ1) is 9.51. The molecule has 5 heteroatoms. The molecule has 1 N–H and O–H groups in total. The Morgan fingerprint density at radius 2 is 1.90 bits per heavy atom. The van der Waals surface area contributed by atoms with Crippen LogP contribution in [-0.2, 0) is 6.54 Å². The van der Waals surface area contributed by atoms with E-state index in [9.17, 15) is 4.79 Å². The summed E-state index contributed by atoms with van der Waals surface area (Å²) in [4.78, 5) is 12.3. The number of carbonyl (C=O) groups is 1. The fraction of sp³-hybridized carbons (Fsp3) is 0.267. The van der Waals surface area contributed by atoms with Gasteiger partial charge in [0.15, 0.2) is 0 Å². The molecule has 106 valence electrons. The molecule has 0 aliphatic heterocycles. The third kappa shape index (κ3) is 3.52. The van der Waals surface area contributed by atoms with Crippen molar-refractivity contribution in [2.24, 2.45) is 0 Å². The second-order valence-corrected chi connectivity index (χ2v) is 6.41. The molecule has 0 unspecified atom stereocenters. The van der Waals surface area contributed by atoms with Gasteiger partial charge < -0.3 is 9.88 Å². The lowest BCUT2D eigenvalue weighted by molar-refractivity contribution is 0.0930. The Hall–Kier alpha value is -1.07. The van der Waals surface area contributed by atoms with Gasteiger partial charge in [-0.1, -0.05) is 28.1 Å². The molecule has 1 aromatic heterocycles. The van der Waals surface area contributed by atoms with Gasteiger partial charge in [0.05, 0.1) is 6.04 Å². The average Bonchev–Trinajstić information content (AvgIpc) is 2.80. The van der Waals surface area contributed by atoms with Gasteiger partial charge in [-0.3, -0.25) is 4.79 Å². The van der Waals surface area contributed by atoms with E-state index in [0.29, 0.717) is 5.69 Å². The molecule has 2 aromatic rings. The number of halogens is 2. The van der Waals surface area contributed by atoms with Crippen molar-refractivity contribution in [2.75, 3.05) is 0 Å². The average molecular weight is 400 g/mol. The van der Waals surface area contributed by atoms with Crippen LogP contribution in [0.1, 0.15) is 35.9 Å². The number of nitrogens with zero attached hydrogens (tertiary/aromatic N) is 1. The standard InChI is InChI=1S/C15H16Br2N2O/c1-3-19-9-13(17)8-14(19)15(20)18-10(2)11-4-6-12(16)7-5-11/h4-10H,3H2,1-2H3,(H,18,20)/t10-/m1/s1. The number of nitrogens with one attached hydrogen (secondary N) is 1. The van der Waals surface area contributed by atoms with Gasteiger partial charge >= 0.3 is 0 Å². The molecule has 0 radical (unpaired) electrons. The van der Waals surface area contributed by atoms with Gasteiger partial charge in [-0.2, -0.15) is 0 Å². The number of hydrogen-bond donors (Lipinski definition) is 1. The normalized spacial score (nSPS) is 12.2. The van der Waals surface area contributed by atoms with Crippen molar-refractivity contribution in [3.63, 3.8) is 0 Å². The van der Waals surface area contributed by atoms with Crippen LogP contribution in [0.5, 0.6) is 0 Å². The van der Waals surface area contributed by atoms with Gasteiger partial charge in [0.1, 0.15) is 5.69 Å². The second kappa shape index (κ2) is 6.59. The van der Waals surface area contributed by atoms with Crippen molar-refractivity contribution in [3.8, 4) is 0 Å². The Morgan fingerprint density at radius 3 is 2.50 bits per heavy atom. The molecule has 1 aromatic carbocycles. The summed E-state index contributed by atoms with van der Waals surface area (Å²) < 4.78 is 3.87. The summed E-state index contributed by atoms with van der Waals surface area (Å²) in [5.41, 5.74) is 1.75. The highest BCUT2D eigenvalue weighted by Gasteiger charge is 2.15. The smallest absolute Gasteiger partial charge is 0.268 e. The molecule has 1 heterocycles. The Labute approximate surface area is 135 Å². The highest BCUT2D eigenvalue weighted by atomic mass is 79.9. The minimum atomic E-state index is -0.0621. The molecule has 2 rings (SSSR count). The molecule has 0 spiro atoms. The Balaban J connectivity index is 2.12. The third-order valence-electron chi connectivity index (χ3n) is 3.15. The van der Waals surface area contributed by atoms with Crippen LogP contribution in [0, 0.1) is 0 Å². The van der Waals surface area contributed by atoms with Crippen molar-refractivity contribution in [1.29, 1.82) is 0 Å². The summed E-state index contributed by atoms with van der Waals surface area (Å²) in [6.07, 6.45) is 1.92. The summed E-state index contributed by atoms with van der Waals surface area (Å²) >= 11 is 6.81. The lowest BCUT2D eigenvalue weighted by Gasteiger charge is -2.15. The Kier molecular flexibility index (Phi) is 5.05. The number of aromatic nitrogens is 1. The van der Waals surface area contributed by atoms with Crippen molar-refractivity contribution < 1.29 is 4.79 Å². The van der Waals surface area contributed by atoms with E-state index in [0.717, 1.165) is 21.1 Å². The predicted molar refractivity (Wildman–Crippen MR) is 87.8 cm³/mol. The molecular formula is C15H16Br2N2O. The van der Waals surface area contributed by atoms with E-state index < -0.39 is 0 Å². The van der Waals surface area contributed by atoms with Crippen molar-refractivity contribution in [2.45, 2.75) is 26.4 Å². The molecule has 0 saturated carbocycles. The first-order valence-corrected chi connectivity index (χ1v) is 8.02. The summed E-state index contributed by atoms with van der Waals surface area (Å²) in [6.45, 7) is 4.76. The number of amides is 1. The largest absolute Gasteiger partial charge is 0.344 e. The van der Waals surface area contributed by atoms with Gasteiger partial charge in [-0.15, -0.1) is 0 Å². The second-order valence-electron chi connectivity index (χ2n) is 4.58. The molecular weight excluding hydrogens is 384 g/mol. The third-order valence-corrected chi connectivity index (χ3v) is 4.12. The molecule has 0 aliphatic carbocycles. The van der Waals surface area contributed by atoms with Crippen molar-refractivity contribution in [1.82, 2.24) is 9.88 Å². The number of benzene rings is 1. The lowest BCUT2D eigenvalue weighted by Crippen LogP contribution is -2.28. The zero-order valence-corrected chi connectivity index (χ0v) is 14.5. The summed E-state index contributed by atoms with van der Waals surface area (Å²) in [6, 6.07) is 9.77. The van der Waals surface area contributed by atoms with E-state index in [1.165, 1.54) is 0 Å². The van der Waals surface area contributed by atoms with Crippen LogP contribution in [0.3, 0.4) is 0 Å². The van der Waals surface area contributed by atoms with Gasteiger partial charge in [-0.25, -0.2) is 0 Å². The quantitative estimate of drug-likeness (QED) is 0.805. The van der Waals surface area contributed by atoms with Crippen LogP contribution in [-0.4, -0.2) is 10.5 Å². The first kappa shape index (κ1) is 15.3. The molecule has 1 amide bonds. The first-order valence-electron chi connectivity index (χ1n) is 6.43. The zero-order chi connectivity index (χ0) is 14.7. The summed E-state index contributed by atoms with van der Waals surface area (Å²) in [5.74, 6) is -0.0621. The van der Waals surface area contributed by atoms with Crippen LogP contribution in [0.2, 0.25) is 0 Å². The van der Waals surface area contributed by atoms with Crippen LogP contribution in [0.15, 0.2) is 45.5 Å². The van der Waals surface area contributed by atoms with Gasteiger partial charge in [-0.05, 0) is 53.5 Å². The summed E-state index contributed by atoms with van der Waals surface area (Å²) in [7, 11) is 0. The maximum absolute atomic E-state index is 12.3. The topological polar surface area (TPSA) is 34.0 Å². The van der Waals surface area contributed by atoms with Crippen molar-refractivity contribution >= 4 is 37.8 Å². The minimum Gasteiger partial charge on any atom is -0.344 e. The van der Waals surface area contributed by atoms with Crippen LogP contribution >= 0.6 is 31.9 Å². The van der Waals surface area contributed by atoms with Crippen LogP contribution in [0.4, 0.5) is 0 Å². The van der Waals surface area contributed by atoms with Crippen LogP contribution < -0.4 is 5.32 Å². The number of hydrogen-bond acceptors (Lipinski definition) is 1. The highest BCUT2D eigenvalue weighted by Crippen LogP contribution is 2.19. The Bertz CT molecular complexity index is 605. The molecule has 0 bridgehead atoms. The Morgan fingerprint density at radius 1 is 1.25 bits per heavy atom. The van der Waals surface area contributed by atoms with Gasteiger partial charge in [0.2, 0.25) is 0 Å². The van der Waals surface area contributed by atoms with E-state index in [-0.39, 0.29) is 11.9 Å². The SMILES string of the molecule is CCn1cc(Br)cc1C(=O)N[C@H](C)c1ccc(Br)cc1. The van der Waals surface area contributed by atoms with E-state index in [1.807, 2.05) is 54.9 Å². The molecule has 0 aliphatic rings. The van der Waals surface area contributed by atoms with E-state index in [2.05, 4.69) is 37.2 Å². The van der Waals surface area contributed by atoms with E-state index in [1.54, 1.807) is 0 Å².